The highest BCUT2D eigenvalue weighted by Crippen LogP contribution is 2.02. The van der Waals surface area contributed by atoms with Crippen LogP contribution in [0.25, 0.3) is 0 Å². The maximum atomic E-state index is 12.0. The molecule has 24 heavy (non-hydrogen) atoms. The smallest absolute Gasteiger partial charge is 0.330 e. The van der Waals surface area contributed by atoms with Crippen molar-refractivity contribution >= 4 is 5.91 Å². The molecule has 0 spiro atoms. The van der Waals surface area contributed by atoms with Gasteiger partial charge in [-0.15, -0.1) is 0 Å². The molecular formula is C17H22N4O3. The molecule has 0 aliphatic rings. The molecule has 0 unspecified atom stereocenters. The van der Waals surface area contributed by atoms with Crippen molar-refractivity contribution in [2.75, 3.05) is 13.1 Å². The van der Waals surface area contributed by atoms with E-state index in [2.05, 4.69) is 10.6 Å². The van der Waals surface area contributed by atoms with Crippen LogP contribution < -0.4 is 21.9 Å². The highest BCUT2D eigenvalue weighted by molar-refractivity contribution is 5.94. The molecule has 7 heteroatoms. The Morgan fingerprint density at radius 3 is 2.42 bits per heavy atom. The van der Waals surface area contributed by atoms with Gasteiger partial charge in [0, 0.05) is 51.1 Å². The first-order valence-electron chi connectivity index (χ1n) is 7.71. The van der Waals surface area contributed by atoms with Crippen LogP contribution in [0.4, 0.5) is 0 Å². The van der Waals surface area contributed by atoms with Crippen LogP contribution in [0, 0.1) is 6.92 Å². The van der Waals surface area contributed by atoms with Gasteiger partial charge in [0.15, 0.2) is 0 Å². The summed E-state index contributed by atoms with van der Waals surface area (Å²) in [4.78, 5) is 35.5. The predicted molar refractivity (Wildman–Crippen MR) is 92.1 cm³/mol. The van der Waals surface area contributed by atoms with E-state index in [-0.39, 0.29) is 17.2 Å². The molecule has 128 valence electrons. The number of carbonyl (C=O) groups is 1. The Labute approximate surface area is 139 Å². The van der Waals surface area contributed by atoms with E-state index in [4.69, 9.17) is 0 Å². The van der Waals surface area contributed by atoms with Gasteiger partial charge in [-0.05, 0) is 19.1 Å². The lowest BCUT2D eigenvalue weighted by molar-refractivity contribution is 0.0954. The van der Waals surface area contributed by atoms with Gasteiger partial charge in [0.25, 0.3) is 11.5 Å². The van der Waals surface area contributed by atoms with Crippen LogP contribution >= 0.6 is 0 Å². The van der Waals surface area contributed by atoms with Crippen LogP contribution in [-0.2, 0) is 20.6 Å². The fraction of sp³-hybridized carbons (Fsp3) is 0.353. The fourth-order valence-corrected chi connectivity index (χ4v) is 2.30. The zero-order valence-electron chi connectivity index (χ0n) is 14.1. The lowest BCUT2D eigenvalue weighted by Gasteiger charge is -2.09. The molecule has 0 atom stereocenters. The van der Waals surface area contributed by atoms with Crippen LogP contribution in [-0.4, -0.2) is 28.1 Å². The van der Waals surface area contributed by atoms with Gasteiger partial charge in [0.2, 0.25) is 0 Å². The second-order valence-electron chi connectivity index (χ2n) is 5.71. The molecule has 1 heterocycles. The van der Waals surface area contributed by atoms with Gasteiger partial charge in [-0.3, -0.25) is 14.2 Å². The van der Waals surface area contributed by atoms with Crippen LogP contribution in [0.15, 0.2) is 40.1 Å². The van der Waals surface area contributed by atoms with Crippen molar-refractivity contribution in [1.82, 2.24) is 19.8 Å². The molecule has 1 aromatic heterocycles. The van der Waals surface area contributed by atoms with Crippen LogP contribution in [0.2, 0.25) is 0 Å². The summed E-state index contributed by atoms with van der Waals surface area (Å²) in [6.07, 6.45) is 1.53. The van der Waals surface area contributed by atoms with E-state index in [1.807, 2.05) is 19.1 Å². The van der Waals surface area contributed by atoms with E-state index in [0.717, 1.165) is 10.1 Å². The first-order chi connectivity index (χ1) is 11.4. The number of amides is 1. The SMILES string of the molecule is Cc1ccc(C(=O)NCCNCc2cn(C)c(=O)n(C)c2=O)cc1. The number of nitrogens with one attached hydrogen (secondary N) is 2. The van der Waals surface area contributed by atoms with Crippen molar-refractivity contribution in [2.24, 2.45) is 14.1 Å². The van der Waals surface area contributed by atoms with E-state index >= 15 is 0 Å². The maximum Gasteiger partial charge on any atom is 0.330 e. The molecule has 0 aliphatic heterocycles. The number of aryl methyl sites for hydroxylation is 2. The van der Waals surface area contributed by atoms with Gasteiger partial charge >= 0.3 is 5.69 Å². The maximum absolute atomic E-state index is 12.0. The minimum absolute atomic E-state index is 0.130. The Morgan fingerprint density at radius 2 is 1.75 bits per heavy atom. The number of carbonyl (C=O) groups excluding carboxylic acids is 1. The number of nitrogens with zero attached hydrogens (tertiary/aromatic N) is 2. The third kappa shape index (κ3) is 4.20. The largest absolute Gasteiger partial charge is 0.351 e. The zero-order chi connectivity index (χ0) is 17.7. The minimum atomic E-state index is -0.353. The van der Waals surface area contributed by atoms with Crippen LogP contribution in [0.5, 0.6) is 0 Å². The molecule has 7 nitrogen and oxygen atoms in total. The number of hydrogen-bond donors (Lipinski definition) is 2. The number of benzene rings is 1. The molecule has 2 N–H and O–H groups in total. The average Bonchev–Trinajstić information content (AvgIpc) is 2.57. The zero-order valence-corrected chi connectivity index (χ0v) is 14.1. The summed E-state index contributed by atoms with van der Waals surface area (Å²) in [6, 6.07) is 7.35. The predicted octanol–water partition coefficient (Wildman–Crippen LogP) is -0.0880. The molecular weight excluding hydrogens is 308 g/mol. The summed E-state index contributed by atoms with van der Waals surface area (Å²) in [5, 5.41) is 5.90. The van der Waals surface area contributed by atoms with Crippen molar-refractivity contribution in [1.29, 1.82) is 0 Å². The van der Waals surface area contributed by atoms with E-state index in [1.54, 1.807) is 19.2 Å². The molecule has 0 saturated heterocycles. The van der Waals surface area contributed by atoms with Crippen molar-refractivity contribution in [3.8, 4) is 0 Å². The quantitative estimate of drug-likeness (QED) is 0.725. The number of rotatable bonds is 6. The molecule has 0 bridgehead atoms. The minimum Gasteiger partial charge on any atom is -0.351 e. The summed E-state index contributed by atoms with van der Waals surface area (Å²) in [7, 11) is 3.06. The molecule has 2 aromatic rings. The van der Waals surface area contributed by atoms with E-state index in [0.29, 0.717) is 30.8 Å². The summed E-state index contributed by atoms with van der Waals surface area (Å²) in [5.41, 5.74) is 1.56. The van der Waals surface area contributed by atoms with Crippen molar-refractivity contribution < 1.29 is 4.79 Å². The van der Waals surface area contributed by atoms with E-state index in [9.17, 15) is 14.4 Å². The third-order valence-corrected chi connectivity index (χ3v) is 3.73. The van der Waals surface area contributed by atoms with Crippen molar-refractivity contribution in [3.63, 3.8) is 0 Å². The monoisotopic (exact) mass is 330 g/mol. The normalized spacial score (nSPS) is 10.6. The van der Waals surface area contributed by atoms with Gasteiger partial charge in [-0.2, -0.15) is 0 Å². The first kappa shape index (κ1) is 17.7. The van der Waals surface area contributed by atoms with Gasteiger partial charge in [0.1, 0.15) is 0 Å². The topological polar surface area (TPSA) is 85.1 Å². The second kappa shape index (κ2) is 7.74. The average molecular weight is 330 g/mol. The second-order valence-corrected chi connectivity index (χ2v) is 5.71. The van der Waals surface area contributed by atoms with Crippen LogP contribution in [0.3, 0.4) is 0 Å². The Morgan fingerprint density at radius 1 is 1.08 bits per heavy atom. The summed E-state index contributed by atoms with van der Waals surface area (Å²) in [5.74, 6) is -0.130. The van der Waals surface area contributed by atoms with Gasteiger partial charge in [-0.25, -0.2) is 4.79 Å². The molecule has 0 aliphatic carbocycles. The Kier molecular flexibility index (Phi) is 5.70. The van der Waals surface area contributed by atoms with Crippen LogP contribution in [0.1, 0.15) is 21.5 Å². The first-order valence-corrected chi connectivity index (χ1v) is 7.71. The summed E-state index contributed by atoms with van der Waals surface area (Å²) >= 11 is 0. The Bertz CT molecular complexity index is 834. The molecule has 0 saturated carbocycles. The van der Waals surface area contributed by atoms with Gasteiger partial charge < -0.3 is 15.2 Å². The lowest BCUT2D eigenvalue weighted by atomic mass is 10.1. The highest BCUT2D eigenvalue weighted by Gasteiger charge is 2.07. The van der Waals surface area contributed by atoms with Crippen molar-refractivity contribution in [2.45, 2.75) is 13.5 Å². The highest BCUT2D eigenvalue weighted by atomic mass is 16.2. The van der Waals surface area contributed by atoms with E-state index < -0.39 is 0 Å². The summed E-state index contributed by atoms with van der Waals surface area (Å²) in [6.45, 7) is 3.26. The van der Waals surface area contributed by atoms with Crippen molar-refractivity contribution in [3.05, 3.63) is 68.0 Å². The summed E-state index contributed by atoms with van der Waals surface area (Å²) < 4.78 is 2.45. The molecule has 0 fully saturated rings. The Hall–Kier alpha value is -2.67. The lowest BCUT2D eigenvalue weighted by Crippen LogP contribution is -2.40. The van der Waals surface area contributed by atoms with Gasteiger partial charge in [0.05, 0.1) is 0 Å². The van der Waals surface area contributed by atoms with Gasteiger partial charge in [-0.1, -0.05) is 17.7 Å². The number of hydrogen-bond acceptors (Lipinski definition) is 4. The Balaban J connectivity index is 1.82. The molecule has 1 amide bonds. The third-order valence-electron chi connectivity index (χ3n) is 3.73. The standard InChI is InChI=1S/C17H22N4O3/c1-12-4-6-13(7-5-12)15(22)19-9-8-18-10-14-11-20(2)17(24)21(3)16(14)23/h4-7,11,18H,8-10H2,1-3H3,(H,19,22). The molecule has 2 rings (SSSR count). The molecule has 1 aromatic carbocycles. The molecule has 0 radical (unpaired) electrons. The number of aromatic nitrogens is 2. The fourth-order valence-electron chi connectivity index (χ4n) is 2.30. The van der Waals surface area contributed by atoms with E-state index in [1.165, 1.54) is 17.8 Å².